The van der Waals surface area contributed by atoms with Crippen molar-refractivity contribution in [3.63, 3.8) is 0 Å². The molecule has 5 aromatic rings. The molecule has 1 aliphatic carbocycles. The Morgan fingerprint density at radius 3 is 1.85 bits per heavy atom. The summed E-state index contributed by atoms with van der Waals surface area (Å²) < 4.78 is 0. The molecular formula is C39H35N. The van der Waals surface area contributed by atoms with E-state index in [1.807, 2.05) is 0 Å². The number of benzene rings is 5. The van der Waals surface area contributed by atoms with Gasteiger partial charge in [0, 0.05) is 22.4 Å². The highest BCUT2D eigenvalue weighted by atomic mass is 15.1. The fourth-order valence-corrected chi connectivity index (χ4v) is 6.44. The molecule has 196 valence electrons. The van der Waals surface area contributed by atoms with E-state index in [1.54, 1.807) is 0 Å². The summed E-state index contributed by atoms with van der Waals surface area (Å²) in [5.74, 6) is 0. The Morgan fingerprint density at radius 1 is 0.675 bits per heavy atom. The van der Waals surface area contributed by atoms with E-state index in [2.05, 4.69) is 159 Å². The molecule has 0 aromatic heterocycles. The molecular weight excluding hydrogens is 482 g/mol. The van der Waals surface area contributed by atoms with Crippen LogP contribution < -0.4 is 4.90 Å². The lowest BCUT2D eigenvalue weighted by molar-refractivity contribution is 0.611. The van der Waals surface area contributed by atoms with Crippen molar-refractivity contribution in [2.45, 2.75) is 32.6 Å². The Morgan fingerprint density at radius 2 is 1.25 bits per heavy atom. The van der Waals surface area contributed by atoms with E-state index >= 15 is 0 Å². The maximum Gasteiger partial charge on any atom is 0.0543 e. The lowest BCUT2D eigenvalue weighted by atomic mass is 9.71. The van der Waals surface area contributed by atoms with Gasteiger partial charge >= 0.3 is 0 Å². The minimum Gasteiger partial charge on any atom is -0.310 e. The molecule has 0 aliphatic heterocycles. The van der Waals surface area contributed by atoms with Crippen LogP contribution >= 0.6 is 0 Å². The molecule has 1 unspecified atom stereocenters. The number of rotatable bonds is 6. The van der Waals surface area contributed by atoms with Gasteiger partial charge in [-0.05, 0) is 84.0 Å². The summed E-state index contributed by atoms with van der Waals surface area (Å²) in [7, 11) is 0. The molecule has 1 nitrogen and oxygen atoms in total. The molecule has 0 saturated carbocycles. The van der Waals surface area contributed by atoms with Crippen molar-refractivity contribution in [3.8, 4) is 11.1 Å². The average Bonchev–Trinajstić information content (AvgIpc) is 3.27. The zero-order valence-corrected chi connectivity index (χ0v) is 23.6. The molecule has 0 N–H and O–H groups in total. The average molecular weight is 518 g/mol. The van der Waals surface area contributed by atoms with Crippen molar-refractivity contribution in [3.05, 3.63) is 168 Å². The van der Waals surface area contributed by atoms with Crippen molar-refractivity contribution in [1.82, 2.24) is 0 Å². The van der Waals surface area contributed by atoms with Gasteiger partial charge in [-0.3, -0.25) is 0 Å². The van der Waals surface area contributed by atoms with E-state index in [9.17, 15) is 0 Å². The molecule has 0 bridgehead atoms. The zero-order valence-electron chi connectivity index (χ0n) is 23.6. The lowest BCUT2D eigenvalue weighted by Crippen LogP contribution is -2.25. The predicted octanol–water partition coefficient (Wildman–Crippen LogP) is 10.8. The van der Waals surface area contributed by atoms with Crippen molar-refractivity contribution in [1.29, 1.82) is 0 Å². The molecule has 40 heavy (non-hydrogen) atoms. The topological polar surface area (TPSA) is 3.24 Å². The SMILES string of the molecule is C=C1/C(=C\C)c2c(N(c3ccc(C)cc3)c3ccc(-c4ccccc4)cc3)cccc2C1(CC)c1ccccc1. The number of aryl methyl sites for hydroxylation is 1. The van der Waals surface area contributed by atoms with Crippen molar-refractivity contribution < 1.29 is 0 Å². The summed E-state index contributed by atoms with van der Waals surface area (Å²) in [6.45, 7) is 11.3. The zero-order chi connectivity index (χ0) is 27.7. The highest BCUT2D eigenvalue weighted by molar-refractivity contribution is 5.99. The third-order valence-electron chi connectivity index (χ3n) is 8.46. The summed E-state index contributed by atoms with van der Waals surface area (Å²) in [6.07, 6.45) is 3.19. The smallest absolute Gasteiger partial charge is 0.0543 e. The molecule has 6 rings (SSSR count). The second-order valence-corrected chi connectivity index (χ2v) is 10.6. The van der Waals surface area contributed by atoms with Crippen molar-refractivity contribution in [2.24, 2.45) is 0 Å². The van der Waals surface area contributed by atoms with Crippen molar-refractivity contribution >= 4 is 22.6 Å². The minimum atomic E-state index is -0.259. The number of nitrogens with zero attached hydrogens (tertiary/aromatic N) is 1. The van der Waals surface area contributed by atoms with E-state index in [4.69, 9.17) is 6.58 Å². The van der Waals surface area contributed by atoms with Gasteiger partial charge in [0.15, 0.2) is 0 Å². The fourth-order valence-electron chi connectivity index (χ4n) is 6.44. The van der Waals surface area contributed by atoms with Crippen LogP contribution in [0.25, 0.3) is 16.7 Å². The van der Waals surface area contributed by atoms with Crippen LogP contribution in [0.5, 0.6) is 0 Å². The van der Waals surface area contributed by atoms with Gasteiger partial charge in [-0.25, -0.2) is 0 Å². The Labute approximate surface area is 238 Å². The number of hydrogen-bond donors (Lipinski definition) is 0. The summed E-state index contributed by atoms with van der Waals surface area (Å²) in [6, 6.07) is 46.0. The molecule has 0 saturated heterocycles. The van der Waals surface area contributed by atoms with Gasteiger partial charge in [0.2, 0.25) is 0 Å². The number of allylic oxidation sites excluding steroid dienone is 3. The molecule has 0 radical (unpaired) electrons. The number of hydrogen-bond acceptors (Lipinski definition) is 1. The monoisotopic (exact) mass is 517 g/mol. The maximum absolute atomic E-state index is 4.74. The number of fused-ring (bicyclic) bond motifs is 1. The first-order chi connectivity index (χ1) is 19.6. The Kier molecular flexibility index (Phi) is 6.74. The van der Waals surface area contributed by atoms with Crippen LogP contribution in [0.15, 0.2) is 146 Å². The van der Waals surface area contributed by atoms with Crippen LogP contribution in [-0.2, 0) is 5.41 Å². The molecule has 0 spiro atoms. The van der Waals surface area contributed by atoms with Gasteiger partial charge < -0.3 is 4.90 Å². The molecule has 0 fully saturated rings. The van der Waals surface area contributed by atoms with Crippen molar-refractivity contribution in [2.75, 3.05) is 4.90 Å². The van der Waals surface area contributed by atoms with E-state index in [0.717, 1.165) is 17.8 Å². The molecule has 0 heterocycles. The normalized spacial score (nSPS) is 17.2. The molecule has 0 amide bonds. The first-order valence-corrected chi connectivity index (χ1v) is 14.2. The third kappa shape index (κ3) is 4.10. The lowest BCUT2D eigenvalue weighted by Gasteiger charge is -2.32. The highest BCUT2D eigenvalue weighted by Crippen LogP contribution is 2.58. The van der Waals surface area contributed by atoms with Gasteiger partial charge in [0.1, 0.15) is 0 Å². The van der Waals surface area contributed by atoms with E-state index in [1.165, 1.54) is 50.2 Å². The fraction of sp³-hybridized carbons (Fsp3) is 0.128. The van der Waals surface area contributed by atoms with Gasteiger partial charge in [-0.2, -0.15) is 0 Å². The van der Waals surface area contributed by atoms with Crippen LogP contribution in [0, 0.1) is 6.92 Å². The van der Waals surface area contributed by atoms with Crippen LogP contribution in [0.2, 0.25) is 0 Å². The molecule has 1 atom stereocenters. The Hall–Kier alpha value is -4.62. The molecule has 1 heteroatoms. The van der Waals surface area contributed by atoms with E-state index in [0.29, 0.717) is 0 Å². The van der Waals surface area contributed by atoms with Crippen LogP contribution in [0.1, 0.15) is 42.5 Å². The molecule has 5 aromatic carbocycles. The largest absolute Gasteiger partial charge is 0.310 e. The van der Waals surface area contributed by atoms with E-state index < -0.39 is 0 Å². The van der Waals surface area contributed by atoms with Crippen LogP contribution in [0.3, 0.4) is 0 Å². The first kappa shape index (κ1) is 25.6. The summed E-state index contributed by atoms with van der Waals surface area (Å²) >= 11 is 0. The van der Waals surface area contributed by atoms with Gasteiger partial charge in [0.25, 0.3) is 0 Å². The first-order valence-electron chi connectivity index (χ1n) is 14.2. The third-order valence-corrected chi connectivity index (χ3v) is 8.46. The van der Waals surface area contributed by atoms with Crippen LogP contribution in [0.4, 0.5) is 17.1 Å². The second-order valence-electron chi connectivity index (χ2n) is 10.6. The Balaban J connectivity index is 1.58. The van der Waals surface area contributed by atoms with E-state index in [-0.39, 0.29) is 5.41 Å². The summed E-state index contributed by atoms with van der Waals surface area (Å²) in [5, 5.41) is 0. The standard InChI is InChI=1S/C39H35N/c1-5-35-29(4)39(6-2,32-16-11-8-12-17-32)36-18-13-19-37(38(35)36)40(33-24-20-28(3)21-25-33)34-26-22-31(23-27-34)30-14-9-7-10-15-30/h5,7-27H,4,6H2,1-3H3/b35-5+. The quantitative estimate of drug-likeness (QED) is 0.216. The highest BCUT2D eigenvalue weighted by Gasteiger charge is 2.45. The predicted molar refractivity (Wildman–Crippen MR) is 172 cm³/mol. The second kappa shape index (κ2) is 10.5. The van der Waals surface area contributed by atoms with Crippen LogP contribution in [-0.4, -0.2) is 0 Å². The summed E-state index contributed by atoms with van der Waals surface area (Å²) in [4.78, 5) is 2.40. The van der Waals surface area contributed by atoms with Gasteiger partial charge in [-0.1, -0.05) is 122 Å². The summed E-state index contributed by atoms with van der Waals surface area (Å²) in [5.41, 5.74) is 13.2. The number of anilines is 3. The maximum atomic E-state index is 4.74. The van der Waals surface area contributed by atoms with Gasteiger partial charge in [0.05, 0.1) is 5.69 Å². The molecule has 1 aliphatic rings. The Bertz CT molecular complexity index is 1680. The van der Waals surface area contributed by atoms with Gasteiger partial charge in [-0.15, -0.1) is 0 Å². The minimum absolute atomic E-state index is 0.259.